The number of nitrogens with one attached hydrogen (secondary N) is 2. The van der Waals surface area contributed by atoms with Crippen molar-refractivity contribution in [3.63, 3.8) is 0 Å². The molecule has 3 aromatic rings. The summed E-state index contributed by atoms with van der Waals surface area (Å²) in [5.74, 6) is -0.373. The van der Waals surface area contributed by atoms with Gasteiger partial charge in [-0.05, 0) is 24.6 Å². The molecule has 34 heavy (non-hydrogen) atoms. The van der Waals surface area contributed by atoms with Crippen molar-refractivity contribution >= 4 is 34.7 Å². The molecule has 178 valence electrons. The smallest absolute Gasteiger partial charge is 0.307 e. The second kappa shape index (κ2) is 11.1. The molecule has 4 N–H and O–H groups in total. The Morgan fingerprint density at radius 2 is 1.65 bits per heavy atom. The zero-order valence-corrected chi connectivity index (χ0v) is 19.1. The van der Waals surface area contributed by atoms with E-state index in [0.29, 0.717) is 35.4 Å². The largest absolute Gasteiger partial charge is 0.469 e. The maximum Gasteiger partial charge on any atom is 0.307 e. The third-order valence-corrected chi connectivity index (χ3v) is 5.30. The Morgan fingerprint density at radius 3 is 2.29 bits per heavy atom. The summed E-state index contributed by atoms with van der Waals surface area (Å²) in [6.45, 7) is 0.680. The monoisotopic (exact) mass is 465 g/mol. The van der Waals surface area contributed by atoms with Gasteiger partial charge in [0.15, 0.2) is 0 Å². The van der Waals surface area contributed by atoms with Crippen molar-refractivity contribution in [1.82, 2.24) is 14.9 Å². The zero-order valence-electron chi connectivity index (χ0n) is 19.1. The topological polar surface area (TPSA) is 149 Å². The molecule has 0 bridgehead atoms. The highest BCUT2D eigenvalue weighted by atomic mass is 16.5. The Kier molecular flexibility index (Phi) is 7.96. The van der Waals surface area contributed by atoms with Crippen molar-refractivity contribution in [2.45, 2.75) is 25.8 Å². The van der Waals surface area contributed by atoms with Gasteiger partial charge in [-0.3, -0.25) is 19.8 Å². The molecule has 0 spiro atoms. The van der Waals surface area contributed by atoms with E-state index in [2.05, 4.69) is 10.1 Å². The fourth-order valence-electron chi connectivity index (χ4n) is 3.48. The van der Waals surface area contributed by atoms with Crippen molar-refractivity contribution in [1.29, 1.82) is 5.41 Å². The second-order valence-electron chi connectivity index (χ2n) is 7.54. The van der Waals surface area contributed by atoms with Crippen molar-refractivity contribution in [2.75, 3.05) is 20.8 Å². The molecule has 3 rings (SSSR count). The van der Waals surface area contributed by atoms with E-state index in [-0.39, 0.29) is 37.1 Å². The van der Waals surface area contributed by atoms with Gasteiger partial charge in [0, 0.05) is 36.2 Å². The van der Waals surface area contributed by atoms with Crippen molar-refractivity contribution < 1.29 is 23.9 Å². The summed E-state index contributed by atoms with van der Waals surface area (Å²) in [6.07, 6.45) is 0.895. The number of carbonyl (C=O) groups excluding carboxylic acids is 3. The van der Waals surface area contributed by atoms with Gasteiger partial charge in [0.2, 0.25) is 0 Å². The average molecular weight is 466 g/mol. The molecule has 0 saturated heterocycles. The molecule has 10 nitrogen and oxygen atoms in total. The lowest BCUT2D eigenvalue weighted by molar-refractivity contribution is -0.141. The maximum absolute atomic E-state index is 12.5. The van der Waals surface area contributed by atoms with Crippen LogP contribution in [0.15, 0.2) is 42.5 Å². The Hall–Kier alpha value is -4.21. The minimum atomic E-state index is -0.401. The minimum Gasteiger partial charge on any atom is -0.469 e. The SMILES string of the molecule is COC(=O)CCCn1c(-c2ccc(C(=N)N)cc2)nc2cc(C(=O)NCCC(=O)OC)ccc21. The highest BCUT2D eigenvalue weighted by molar-refractivity contribution is 5.98. The third kappa shape index (κ3) is 5.77. The van der Waals surface area contributed by atoms with Crippen LogP contribution < -0.4 is 11.1 Å². The van der Waals surface area contributed by atoms with Gasteiger partial charge in [-0.15, -0.1) is 0 Å². The number of nitrogen functional groups attached to an aromatic ring is 1. The van der Waals surface area contributed by atoms with Crippen molar-refractivity contribution in [2.24, 2.45) is 5.73 Å². The normalized spacial score (nSPS) is 10.6. The van der Waals surface area contributed by atoms with Crippen LogP contribution in [0.4, 0.5) is 0 Å². The Bertz CT molecular complexity index is 1220. The lowest BCUT2D eigenvalue weighted by Crippen LogP contribution is -2.26. The fraction of sp³-hybridized carbons (Fsp3) is 0.292. The van der Waals surface area contributed by atoms with Crippen LogP contribution in [0, 0.1) is 5.41 Å². The molecule has 0 saturated carbocycles. The highest BCUT2D eigenvalue weighted by Gasteiger charge is 2.16. The van der Waals surface area contributed by atoms with Crippen LogP contribution in [0.2, 0.25) is 0 Å². The first-order valence-corrected chi connectivity index (χ1v) is 10.7. The molecule has 1 aromatic heterocycles. The van der Waals surface area contributed by atoms with Crippen LogP contribution >= 0.6 is 0 Å². The van der Waals surface area contributed by atoms with Gasteiger partial charge < -0.3 is 25.1 Å². The van der Waals surface area contributed by atoms with Gasteiger partial charge in [-0.2, -0.15) is 0 Å². The predicted molar refractivity (Wildman–Crippen MR) is 126 cm³/mol. The van der Waals surface area contributed by atoms with E-state index in [0.717, 1.165) is 11.1 Å². The van der Waals surface area contributed by atoms with Crippen LogP contribution in [-0.4, -0.2) is 54.0 Å². The van der Waals surface area contributed by atoms with E-state index in [4.69, 9.17) is 20.9 Å². The number of imidazole rings is 1. The second-order valence-corrected chi connectivity index (χ2v) is 7.54. The molecular weight excluding hydrogens is 438 g/mol. The summed E-state index contributed by atoms with van der Waals surface area (Å²) in [5.41, 5.74) is 8.80. The molecule has 2 aromatic carbocycles. The number of methoxy groups -OCH3 is 2. The van der Waals surface area contributed by atoms with E-state index in [1.807, 2.05) is 22.8 Å². The Balaban J connectivity index is 1.92. The molecule has 0 aliphatic heterocycles. The number of hydrogen-bond donors (Lipinski definition) is 3. The summed E-state index contributed by atoms with van der Waals surface area (Å²) in [4.78, 5) is 40.1. The van der Waals surface area contributed by atoms with Gasteiger partial charge >= 0.3 is 11.9 Å². The number of aryl methyl sites for hydroxylation is 1. The number of amidine groups is 1. The van der Waals surface area contributed by atoms with E-state index >= 15 is 0 Å². The summed E-state index contributed by atoms with van der Waals surface area (Å²) in [7, 11) is 2.65. The molecule has 0 fully saturated rings. The third-order valence-electron chi connectivity index (χ3n) is 5.30. The number of aromatic nitrogens is 2. The molecule has 0 unspecified atom stereocenters. The van der Waals surface area contributed by atoms with Gasteiger partial charge in [0.1, 0.15) is 11.7 Å². The molecular formula is C24H27N5O5. The maximum atomic E-state index is 12.5. The first-order valence-electron chi connectivity index (χ1n) is 10.7. The number of fused-ring (bicyclic) bond motifs is 1. The summed E-state index contributed by atoms with van der Waals surface area (Å²) in [5, 5.41) is 10.3. The van der Waals surface area contributed by atoms with E-state index in [1.54, 1.807) is 24.3 Å². The number of benzene rings is 2. The highest BCUT2D eigenvalue weighted by Crippen LogP contribution is 2.27. The molecule has 0 radical (unpaired) electrons. The van der Waals surface area contributed by atoms with E-state index in [9.17, 15) is 14.4 Å². The van der Waals surface area contributed by atoms with Crippen molar-refractivity contribution in [3.05, 3.63) is 53.6 Å². The summed E-state index contributed by atoms with van der Waals surface area (Å²) < 4.78 is 11.3. The van der Waals surface area contributed by atoms with Crippen LogP contribution in [0.3, 0.4) is 0 Å². The lowest BCUT2D eigenvalue weighted by atomic mass is 10.1. The number of amides is 1. The standard InChI is InChI=1S/C24H27N5O5/c1-33-20(30)4-3-13-29-19-10-9-17(24(32)27-12-11-21(31)34-2)14-18(19)28-23(29)16-7-5-15(6-8-16)22(25)26/h5-10,14H,3-4,11-13H2,1-2H3,(H3,25,26)(H,27,32). The van der Waals surface area contributed by atoms with Gasteiger partial charge in [-0.25, -0.2) is 4.98 Å². The first kappa shape index (κ1) is 24.4. The van der Waals surface area contributed by atoms with Crippen LogP contribution in [0.1, 0.15) is 35.2 Å². The summed E-state index contributed by atoms with van der Waals surface area (Å²) >= 11 is 0. The predicted octanol–water partition coefficient (Wildman–Crippen LogP) is 2.23. The van der Waals surface area contributed by atoms with Gasteiger partial charge in [0.25, 0.3) is 5.91 Å². The number of ether oxygens (including phenoxy) is 2. The number of nitrogens with two attached hydrogens (primary N) is 1. The molecule has 0 atom stereocenters. The fourth-order valence-corrected chi connectivity index (χ4v) is 3.48. The average Bonchev–Trinajstić information content (AvgIpc) is 3.21. The van der Waals surface area contributed by atoms with E-state index in [1.165, 1.54) is 14.2 Å². The lowest BCUT2D eigenvalue weighted by Gasteiger charge is -2.10. The van der Waals surface area contributed by atoms with Crippen LogP contribution in [-0.2, 0) is 25.6 Å². The van der Waals surface area contributed by atoms with Crippen LogP contribution in [0.5, 0.6) is 0 Å². The summed E-state index contributed by atoms with van der Waals surface area (Å²) in [6, 6.07) is 12.3. The van der Waals surface area contributed by atoms with Crippen LogP contribution in [0.25, 0.3) is 22.4 Å². The molecule has 1 amide bonds. The Labute approximate surface area is 196 Å². The van der Waals surface area contributed by atoms with Gasteiger partial charge in [-0.1, -0.05) is 24.3 Å². The number of carbonyl (C=O) groups is 3. The Morgan fingerprint density at radius 1 is 1.00 bits per heavy atom. The quantitative estimate of drug-likeness (QED) is 0.236. The number of nitrogens with zero attached hydrogens (tertiary/aromatic N) is 2. The number of hydrogen-bond acceptors (Lipinski definition) is 7. The first-order chi connectivity index (χ1) is 16.3. The molecule has 10 heteroatoms. The van der Waals surface area contributed by atoms with E-state index < -0.39 is 5.97 Å². The number of rotatable bonds is 10. The molecule has 0 aliphatic carbocycles. The molecule has 0 aliphatic rings. The van der Waals surface area contributed by atoms with Gasteiger partial charge in [0.05, 0.1) is 31.7 Å². The number of esters is 2. The zero-order chi connectivity index (χ0) is 24.7. The van der Waals surface area contributed by atoms with Crippen molar-refractivity contribution in [3.8, 4) is 11.4 Å². The minimum absolute atomic E-state index is 0.0269. The molecule has 1 heterocycles.